The maximum atomic E-state index is 4.29. The zero-order chi connectivity index (χ0) is 9.26. The Hall–Kier alpha value is -0.890. The van der Waals surface area contributed by atoms with Crippen molar-refractivity contribution < 1.29 is 1.43 Å². The Labute approximate surface area is 80.9 Å². The lowest BCUT2D eigenvalue weighted by atomic mass is 10.0. The smallest absolute Gasteiger partial charge is 0.0338 e. The average molecular weight is 178 g/mol. The van der Waals surface area contributed by atoms with Gasteiger partial charge < -0.3 is 5.32 Å². The van der Waals surface area contributed by atoms with E-state index in [2.05, 4.69) is 17.2 Å². The van der Waals surface area contributed by atoms with Gasteiger partial charge in [0, 0.05) is 19.9 Å². The van der Waals surface area contributed by atoms with Gasteiger partial charge in [-0.25, -0.2) is 0 Å². The van der Waals surface area contributed by atoms with Crippen LogP contribution in [0.2, 0.25) is 0 Å². The highest BCUT2D eigenvalue weighted by Crippen LogP contribution is 2.32. The van der Waals surface area contributed by atoms with Crippen LogP contribution in [0.3, 0.4) is 0 Å². The number of nitrogens with zero attached hydrogens (tertiary/aromatic N) is 1. The predicted molar refractivity (Wildman–Crippen MR) is 55.9 cm³/mol. The molecule has 0 aliphatic heterocycles. The van der Waals surface area contributed by atoms with E-state index in [1.54, 1.807) is 0 Å². The van der Waals surface area contributed by atoms with Gasteiger partial charge in [-0.15, -0.1) is 0 Å². The standard InChI is InChI=1S/C11H16N2.H2/c1-3-8-6-13-7-10-9(8)4-5-11(10)12-2;/h6-7,11-12H,3-5H2,1-2H3;1H. The molecule has 0 amide bonds. The minimum Gasteiger partial charge on any atom is -0.313 e. The van der Waals surface area contributed by atoms with Crippen molar-refractivity contribution in [3.63, 3.8) is 0 Å². The van der Waals surface area contributed by atoms with Crippen molar-refractivity contribution in [3.8, 4) is 0 Å². The molecule has 0 saturated heterocycles. The number of aryl methyl sites for hydroxylation is 1. The summed E-state index contributed by atoms with van der Waals surface area (Å²) in [6.07, 6.45) is 7.57. The topological polar surface area (TPSA) is 24.9 Å². The minimum absolute atomic E-state index is 0. The average Bonchev–Trinajstić information content (AvgIpc) is 2.60. The molecule has 72 valence electrons. The lowest BCUT2D eigenvalue weighted by Gasteiger charge is -2.10. The summed E-state index contributed by atoms with van der Waals surface area (Å²) in [5.74, 6) is 0. The van der Waals surface area contributed by atoms with Gasteiger partial charge in [0.15, 0.2) is 0 Å². The van der Waals surface area contributed by atoms with E-state index in [4.69, 9.17) is 0 Å². The summed E-state index contributed by atoms with van der Waals surface area (Å²) in [4.78, 5) is 4.29. The molecule has 0 spiro atoms. The molecular weight excluding hydrogens is 160 g/mol. The Kier molecular flexibility index (Phi) is 2.32. The van der Waals surface area contributed by atoms with Gasteiger partial charge in [0.25, 0.3) is 0 Å². The van der Waals surface area contributed by atoms with Crippen LogP contribution in [0.15, 0.2) is 12.4 Å². The van der Waals surface area contributed by atoms with E-state index in [0.29, 0.717) is 6.04 Å². The van der Waals surface area contributed by atoms with E-state index in [1.807, 2.05) is 19.4 Å². The summed E-state index contributed by atoms with van der Waals surface area (Å²) in [7, 11) is 2.03. The van der Waals surface area contributed by atoms with Gasteiger partial charge in [-0.3, -0.25) is 4.98 Å². The van der Waals surface area contributed by atoms with Crippen molar-refractivity contribution >= 4 is 0 Å². The molecule has 0 fully saturated rings. The highest BCUT2D eigenvalue weighted by Gasteiger charge is 2.22. The molecule has 1 aliphatic carbocycles. The van der Waals surface area contributed by atoms with E-state index < -0.39 is 0 Å². The third-order valence-corrected chi connectivity index (χ3v) is 2.97. The summed E-state index contributed by atoms with van der Waals surface area (Å²) in [5, 5.41) is 3.33. The lowest BCUT2D eigenvalue weighted by Crippen LogP contribution is -2.13. The second kappa shape index (κ2) is 3.46. The van der Waals surface area contributed by atoms with Crippen LogP contribution in [-0.2, 0) is 12.8 Å². The molecule has 2 rings (SSSR count). The van der Waals surface area contributed by atoms with Gasteiger partial charge in [-0.1, -0.05) is 6.92 Å². The van der Waals surface area contributed by atoms with Gasteiger partial charge in [0.1, 0.15) is 0 Å². The molecule has 0 radical (unpaired) electrons. The summed E-state index contributed by atoms with van der Waals surface area (Å²) >= 11 is 0. The third kappa shape index (κ3) is 1.35. The molecule has 1 aromatic heterocycles. The molecular formula is C11H18N2. The molecule has 13 heavy (non-hydrogen) atoms. The molecule has 1 atom stereocenters. The van der Waals surface area contributed by atoms with Crippen molar-refractivity contribution in [1.82, 2.24) is 10.3 Å². The predicted octanol–water partition coefficient (Wildman–Crippen LogP) is 2.10. The van der Waals surface area contributed by atoms with Crippen LogP contribution in [-0.4, -0.2) is 12.0 Å². The first-order chi connectivity index (χ1) is 6.36. The number of nitrogens with one attached hydrogen (secondary N) is 1. The first-order valence-corrected chi connectivity index (χ1v) is 4.99. The first kappa shape index (κ1) is 8.70. The van der Waals surface area contributed by atoms with Gasteiger partial charge in [0.05, 0.1) is 0 Å². The normalized spacial score (nSPS) is 20.3. The maximum Gasteiger partial charge on any atom is 0.0338 e. The molecule has 0 saturated carbocycles. The molecule has 0 bridgehead atoms. The number of fused-ring (bicyclic) bond motifs is 1. The fourth-order valence-corrected chi connectivity index (χ4v) is 2.20. The molecule has 2 heteroatoms. The van der Waals surface area contributed by atoms with Gasteiger partial charge >= 0.3 is 0 Å². The SMILES string of the molecule is CCc1cncc2c1CCC2NC.[HH]. The van der Waals surface area contributed by atoms with Gasteiger partial charge in [-0.2, -0.15) is 0 Å². The molecule has 1 N–H and O–H groups in total. The third-order valence-electron chi connectivity index (χ3n) is 2.97. The number of hydrogen-bond donors (Lipinski definition) is 1. The van der Waals surface area contributed by atoms with Gasteiger partial charge in [0.2, 0.25) is 0 Å². The van der Waals surface area contributed by atoms with Gasteiger partial charge in [-0.05, 0) is 43.0 Å². The fraction of sp³-hybridized carbons (Fsp3) is 0.545. The lowest BCUT2D eigenvalue weighted by molar-refractivity contribution is 0.589. The van der Waals surface area contributed by atoms with Crippen LogP contribution in [0.25, 0.3) is 0 Å². The van der Waals surface area contributed by atoms with Crippen molar-refractivity contribution in [3.05, 3.63) is 29.1 Å². The highest BCUT2D eigenvalue weighted by molar-refractivity contribution is 5.38. The number of rotatable bonds is 2. The van der Waals surface area contributed by atoms with Crippen LogP contribution >= 0.6 is 0 Å². The number of hydrogen-bond acceptors (Lipinski definition) is 2. The summed E-state index contributed by atoms with van der Waals surface area (Å²) in [5.41, 5.74) is 4.38. The number of aromatic nitrogens is 1. The van der Waals surface area contributed by atoms with Crippen molar-refractivity contribution in [2.75, 3.05) is 7.05 Å². The zero-order valence-electron chi connectivity index (χ0n) is 8.30. The summed E-state index contributed by atoms with van der Waals surface area (Å²) in [6, 6.07) is 0.536. The minimum atomic E-state index is 0. The van der Waals surface area contributed by atoms with E-state index in [0.717, 1.165) is 6.42 Å². The van der Waals surface area contributed by atoms with E-state index in [-0.39, 0.29) is 1.43 Å². The Morgan fingerprint density at radius 1 is 1.62 bits per heavy atom. The first-order valence-electron chi connectivity index (χ1n) is 4.99. The Bertz CT molecular complexity index is 312. The van der Waals surface area contributed by atoms with Crippen LogP contribution in [0.4, 0.5) is 0 Å². The van der Waals surface area contributed by atoms with Crippen molar-refractivity contribution in [2.45, 2.75) is 32.2 Å². The monoisotopic (exact) mass is 178 g/mol. The number of pyridine rings is 1. The Balaban J connectivity index is 0.000000980. The summed E-state index contributed by atoms with van der Waals surface area (Å²) < 4.78 is 0. The largest absolute Gasteiger partial charge is 0.313 e. The molecule has 1 heterocycles. The van der Waals surface area contributed by atoms with Crippen LogP contribution < -0.4 is 5.32 Å². The quantitative estimate of drug-likeness (QED) is 0.750. The van der Waals surface area contributed by atoms with E-state index >= 15 is 0 Å². The van der Waals surface area contributed by atoms with E-state index in [9.17, 15) is 0 Å². The second-order valence-corrected chi connectivity index (χ2v) is 3.60. The molecule has 0 aromatic carbocycles. The van der Waals surface area contributed by atoms with Crippen LogP contribution in [0, 0.1) is 0 Å². The second-order valence-electron chi connectivity index (χ2n) is 3.60. The Morgan fingerprint density at radius 3 is 3.15 bits per heavy atom. The summed E-state index contributed by atoms with van der Waals surface area (Å²) in [6.45, 7) is 2.20. The van der Waals surface area contributed by atoms with Crippen LogP contribution in [0.5, 0.6) is 0 Å². The van der Waals surface area contributed by atoms with Crippen LogP contribution in [0.1, 0.15) is 37.5 Å². The molecule has 1 aromatic rings. The maximum absolute atomic E-state index is 4.29. The molecule has 1 aliphatic rings. The Morgan fingerprint density at radius 2 is 2.46 bits per heavy atom. The fourth-order valence-electron chi connectivity index (χ4n) is 2.20. The molecule has 2 nitrogen and oxygen atoms in total. The van der Waals surface area contributed by atoms with Crippen molar-refractivity contribution in [1.29, 1.82) is 0 Å². The highest BCUT2D eigenvalue weighted by atomic mass is 14.9. The molecule has 1 unspecified atom stereocenters. The van der Waals surface area contributed by atoms with E-state index in [1.165, 1.54) is 29.5 Å². The van der Waals surface area contributed by atoms with Crippen molar-refractivity contribution in [2.24, 2.45) is 0 Å². The zero-order valence-corrected chi connectivity index (χ0v) is 8.30.